The summed E-state index contributed by atoms with van der Waals surface area (Å²) in [6.45, 7) is 4.02. The molecule has 7 nitrogen and oxygen atoms in total. The molecule has 2 saturated heterocycles. The van der Waals surface area contributed by atoms with E-state index in [2.05, 4.69) is 0 Å². The second-order valence-corrected chi connectivity index (χ2v) is 7.83. The minimum atomic E-state index is -1.13. The molecule has 5 atom stereocenters. The van der Waals surface area contributed by atoms with Crippen molar-refractivity contribution in [2.45, 2.75) is 37.7 Å². The van der Waals surface area contributed by atoms with E-state index >= 15 is 0 Å². The number of carboxylic acid groups (broad SMARTS) is 1. The molecule has 3 aliphatic rings. The molecule has 0 spiro atoms. The first-order valence-electron chi connectivity index (χ1n) is 7.63. The van der Waals surface area contributed by atoms with Crippen LogP contribution in [0.25, 0.3) is 0 Å². The minimum Gasteiger partial charge on any atom is -0.477 e. The summed E-state index contributed by atoms with van der Waals surface area (Å²) in [6.07, 6.45) is -0.423. The highest BCUT2D eigenvalue weighted by Crippen LogP contribution is 2.51. The predicted octanol–water partition coefficient (Wildman–Crippen LogP) is 0.104. The average molecular weight is 340 g/mol. The predicted molar refractivity (Wildman–Crippen MR) is 83.3 cm³/mol. The lowest BCUT2D eigenvalue weighted by atomic mass is 9.79. The Labute approximate surface area is 138 Å². The summed E-state index contributed by atoms with van der Waals surface area (Å²) in [7, 11) is 1.73. The summed E-state index contributed by atoms with van der Waals surface area (Å²) < 4.78 is 0. The van der Waals surface area contributed by atoms with Crippen LogP contribution in [-0.4, -0.2) is 68.8 Å². The van der Waals surface area contributed by atoms with Gasteiger partial charge in [0.05, 0.1) is 18.1 Å². The molecule has 0 aromatic rings. The topological polar surface area (TPSA) is 98.1 Å². The van der Waals surface area contributed by atoms with Crippen LogP contribution in [0.5, 0.6) is 0 Å². The van der Waals surface area contributed by atoms with E-state index in [-0.39, 0.29) is 34.7 Å². The maximum Gasteiger partial charge on any atom is 0.353 e. The molecule has 2 N–H and O–H groups in total. The van der Waals surface area contributed by atoms with Crippen molar-refractivity contribution >= 4 is 29.5 Å². The third-order valence-electron chi connectivity index (χ3n) is 4.91. The Hall–Kier alpha value is -1.54. The van der Waals surface area contributed by atoms with Crippen LogP contribution in [0.2, 0.25) is 0 Å². The molecule has 3 heterocycles. The first-order chi connectivity index (χ1) is 10.7. The number of amides is 2. The zero-order valence-electron chi connectivity index (χ0n) is 13.2. The number of carbonyl (C=O) groups is 3. The molecule has 126 valence electrons. The van der Waals surface area contributed by atoms with Gasteiger partial charge in [0.15, 0.2) is 0 Å². The quantitative estimate of drug-likeness (QED) is 0.705. The van der Waals surface area contributed by atoms with Gasteiger partial charge in [-0.2, -0.15) is 0 Å². The van der Waals surface area contributed by atoms with Crippen LogP contribution in [0.3, 0.4) is 0 Å². The van der Waals surface area contributed by atoms with Crippen molar-refractivity contribution in [1.82, 2.24) is 9.80 Å². The van der Waals surface area contributed by atoms with Crippen LogP contribution in [0.15, 0.2) is 10.6 Å². The fourth-order valence-electron chi connectivity index (χ4n) is 3.76. The van der Waals surface area contributed by atoms with Gasteiger partial charge in [-0.3, -0.25) is 9.59 Å². The molecule has 2 amide bonds. The van der Waals surface area contributed by atoms with Crippen molar-refractivity contribution in [3.63, 3.8) is 0 Å². The molecule has 0 unspecified atom stereocenters. The number of nitrogens with zero attached hydrogens (tertiary/aromatic N) is 2. The Bertz CT molecular complexity index is 617. The summed E-state index contributed by atoms with van der Waals surface area (Å²) >= 11 is 1.39. The number of fused-ring (bicyclic) bond motifs is 1. The standard InChI is InChI=1S/C15H20N2O5S/c1-6-11-10(7(2)18)14(20)17(11)12(15(21)22)13(6)23-8-4-9(19)16(3)5-8/h6-8,10-11,18H,4-5H2,1-3H3,(H,21,22)/t6-,7-,8+,10-,11-/m1/s1. The van der Waals surface area contributed by atoms with Crippen LogP contribution >= 0.6 is 11.8 Å². The minimum absolute atomic E-state index is 0.00176. The number of carbonyl (C=O) groups excluding carboxylic acids is 2. The third-order valence-corrected chi connectivity index (χ3v) is 6.38. The van der Waals surface area contributed by atoms with Gasteiger partial charge >= 0.3 is 5.97 Å². The molecule has 0 aliphatic carbocycles. The number of aliphatic hydroxyl groups excluding tert-OH is 1. The van der Waals surface area contributed by atoms with E-state index in [9.17, 15) is 24.6 Å². The summed E-state index contributed by atoms with van der Waals surface area (Å²) in [5, 5.41) is 19.3. The molecule has 0 saturated carbocycles. The zero-order chi connectivity index (χ0) is 17.0. The molecule has 3 aliphatic heterocycles. The van der Waals surface area contributed by atoms with Crippen molar-refractivity contribution in [2.24, 2.45) is 11.8 Å². The molecular weight excluding hydrogens is 320 g/mol. The van der Waals surface area contributed by atoms with E-state index in [1.54, 1.807) is 18.9 Å². The van der Waals surface area contributed by atoms with Crippen molar-refractivity contribution in [2.75, 3.05) is 13.6 Å². The van der Waals surface area contributed by atoms with Crippen LogP contribution < -0.4 is 0 Å². The third kappa shape index (κ3) is 2.35. The van der Waals surface area contributed by atoms with Gasteiger partial charge < -0.3 is 20.0 Å². The maximum absolute atomic E-state index is 12.2. The number of hydrogen-bond donors (Lipinski definition) is 2. The molecule has 0 radical (unpaired) electrons. The Morgan fingerprint density at radius 2 is 2.04 bits per heavy atom. The summed E-state index contributed by atoms with van der Waals surface area (Å²) in [5.41, 5.74) is 0.0244. The van der Waals surface area contributed by atoms with Crippen molar-refractivity contribution in [3.05, 3.63) is 10.6 Å². The molecule has 0 bridgehead atoms. The van der Waals surface area contributed by atoms with Gasteiger partial charge in [0.1, 0.15) is 5.70 Å². The van der Waals surface area contributed by atoms with Crippen LogP contribution in [0.1, 0.15) is 20.3 Å². The molecule has 8 heteroatoms. The van der Waals surface area contributed by atoms with Gasteiger partial charge in [-0.1, -0.05) is 6.92 Å². The van der Waals surface area contributed by atoms with Crippen LogP contribution in [0.4, 0.5) is 0 Å². The Morgan fingerprint density at radius 3 is 2.52 bits per heavy atom. The van der Waals surface area contributed by atoms with Gasteiger partial charge in [0.25, 0.3) is 0 Å². The van der Waals surface area contributed by atoms with E-state index in [0.29, 0.717) is 17.9 Å². The van der Waals surface area contributed by atoms with E-state index < -0.39 is 18.0 Å². The SMILES string of the molecule is C[C@@H](O)[C@H]1C(=O)N2C(C(=O)O)=C(S[C@H]3CC(=O)N(C)C3)[C@H](C)[C@H]12. The second kappa shape index (κ2) is 5.52. The highest BCUT2D eigenvalue weighted by molar-refractivity contribution is 8.03. The Balaban J connectivity index is 1.88. The molecule has 2 fully saturated rings. The average Bonchev–Trinajstić information content (AvgIpc) is 2.87. The highest BCUT2D eigenvalue weighted by atomic mass is 32.2. The normalized spacial score (nSPS) is 34.8. The lowest BCUT2D eigenvalue weighted by Crippen LogP contribution is -2.63. The van der Waals surface area contributed by atoms with Gasteiger partial charge in [0.2, 0.25) is 11.8 Å². The van der Waals surface area contributed by atoms with Crippen LogP contribution in [0, 0.1) is 11.8 Å². The fraction of sp³-hybridized carbons (Fsp3) is 0.667. The lowest BCUT2D eigenvalue weighted by Gasteiger charge is -2.46. The summed E-state index contributed by atoms with van der Waals surface area (Å²) in [5.74, 6) is -2.11. The van der Waals surface area contributed by atoms with Gasteiger partial charge in [0, 0.05) is 36.1 Å². The van der Waals surface area contributed by atoms with Gasteiger partial charge in [-0.25, -0.2) is 4.79 Å². The number of likely N-dealkylation sites (tertiary alicyclic amines) is 1. The highest BCUT2D eigenvalue weighted by Gasteiger charge is 2.60. The first-order valence-corrected chi connectivity index (χ1v) is 8.51. The van der Waals surface area contributed by atoms with Gasteiger partial charge in [-0.05, 0) is 6.92 Å². The largest absolute Gasteiger partial charge is 0.477 e. The van der Waals surface area contributed by atoms with E-state index in [1.165, 1.54) is 16.7 Å². The number of hydrogen-bond acceptors (Lipinski definition) is 5. The van der Waals surface area contributed by atoms with Crippen molar-refractivity contribution < 1.29 is 24.6 Å². The molecule has 23 heavy (non-hydrogen) atoms. The monoisotopic (exact) mass is 340 g/mol. The first kappa shape index (κ1) is 16.3. The number of β-lactam (4-membered cyclic amide) rings is 1. The van der Waals surface area contributed by atoms with Crippen LogP contribution in [-0.2, 0) is 14.4 Å². The van der Waals surface area contributed by atoms with E-state index in [4.69, 9.17) is 0 Å². The zero-order valence-corrected chi connectivity index (χ0v) is 14.0. The van der Waals surface area contributed by atoms with E-state index in [1.807, 2.05) is 6.92 Å². The number of rotatable bonds is 4. The number of aliphatic hydroxyl groups is 1. The number of aliphatic carboxylic acids is 1. The molecule has 3 rings (SSSR count). The Morgan fingerprint density at radius 1 is 1.39 bits per heavy atom. The molecule has 0 aromatic heterocycles. The van der Waals surface area contributed by atoms with Gasteiger partial charge in [-0.15, -0.1) is 11.8 Å². The molecular formula is C15H20N2O5S. The maximum atomic E-state index is 12.2. The summed E-state index contributed by atoms with van der Waals surface area (Å²) in [6, 6.07) is -0.300. The lowest BCUT2D eigenvalue weighted by molar-refractivity contribution is -0.163. The summed E-state index contributed by atoms with van der Waals surface area (Å²) in [4.78, 5) is 39.2. The number of carboxylic acids is 1. The Kier molecular flexibility index (Phi) is 3.92. The van der Waals surface area contributed by atoms with Crippen molar-refractivity contribution in [3.8, 4) is 0 Å². The number of thioether (sulfide) groups is 1. The van der Waals surface area contributed by atoms with Crippen molar-refractivity contribution in [1.29, 1.82) is 0 Å². The fourth-order valence-corrected chi connectivity index (χ4v) is 5.29. The smallest absolute Gasteiger partial charge is 0.353 e. The van der Waals surface area contributed by atoms with E-state index in [0.717, 1.165) is 0 Å². The molecule has 0 aromatic carbocycles. The second-order valence-electron chi connectivity index (χ2n) is 6.49.